The van der Waals surface area contributed by atoms with Crippen molar-refractivity contribution < 1.29 is 19.4 Å². The highest BCUT2D eigenvalue weighted by atomic mass is 16.5. The molecule has 1 amide bonds. The predicted octanol–water partition coefficient (Wildman–Crippen LogP) is 3.08. The summed E-state index contributed by atoms with van der Waals surface area (Å²) < 4.78 is 5.23. The molecule has 4 fully saturated rings. The zero-order valence-electron chi connectivity index (χ0n) is 19.9. The maximum atomic E-state index is 12.3. The van der Waals surface area contributed by atoms with Crippen LogP contribution in [0, 0.1) is 34.5 Å². The van der Waals surface area contributed by atoms with Crippen LogP contribution in [0.2, 0.25) is 0 Å². The Kier molecular flexibility index (Phi) is 5.29. The first-order valence-electron chi connectivity index (χ1n) is 12.7. The van der Waals surface area contributed by atoms with Crippen LogP contribution < -0.4 is 11.1 Å². The number of hydrogen-bond donors (Lipinski definition) is 3. The predicted molar refractivity (Wildman–Crippen MR) is 121 cm³/mol. The van der Waals surface area contributed by atoms with E-state index in [9.17, 15) is 14.7 Å². The number of nitrogens with two attached hydrogens (primary N) is 1. The Labute approximate surface area is 191 Å². The molecule has 0 aromatic carbocycles. The van der Waals surface area contributed by atoms with Gasteiger partial charge in [-0.15, -0.1) is 0 Å². The van der Waals surface area contributed by atoms with Crippen molar-refractivity contribution in [1.82, 2.24) is 5.32 Å². The average Bonchev–Trinajstić information content (AvgIpc) is 3.28. The van der Waals surface area contributed by atoms with Crippen LogP contribution in [0.15, 0.2) is 11.6 Å². The molecule has 0 radical (unpaired) electrons. The number of aliphatic hydroxyl groups is 1. The third-order valence-electron chi connectivity index (χ3n) is 10.7. The molecule has 0 aromatic rings. The van der Waals surface area contributed by atoms with E-state index in [2.05, 4.69) is 19.2 Å². The zero-order valence-corrected chi connectivity index (χ0v) is 19.9. The standard InChI is InChI=1S/C26H40N2O4/c1-15(27)23(30)28-18-6-9-24(2)17(13-18)4-5-21-20(24)7-10-25(3)19(8-11-26(21,25)31)16-12-22(29)32-14-16/h12,15,17-21,31H,4-11,13-14,27H2,1-3H3,(H,28,30)/t15-,17-,18-,19-,20-,21-,24-,25-,26-/m1/s1. The molecule has 0 bridgehead atoms. The minimum absolute atomic E-state index is 0.0456. The highest BCUT2D eigenvalue weighted by Crippen LogP contribution is 2.69. The van der Waals surface area contributed by atoms with Gasteiger partial charge in [-0.05, 0) is 99.4 Å². The fourth-order valence-corrected chi connectivity index (χ4v) is 8.87. The lowest BCUT2D eigenvalue weighted by molar-refractivity contribution is -0.205. The van der Waals surface area contributed by atoms with Crippen molar-refractivity contribution in [3.8, 4) is 0 Å². The van der Waals surface area contributed by atoms with Crippen LogP contribution in [-0.4, -0.2) is 41.3 Å². The number of carbonyl (C=O) groups excluding carboxylic acids is 2. The fourth-order valence-electron chi connectivity index (χ4n) is 8.87. The van der Waals surface area contributed by atoms with E-state index < -0.39 is 11.6 Å². The topological polar surface area (TPSA) is 102 Å². The summed E-state index contributed by atoms with van der Waals surface area (Å²) in [7, 11) is 0. The smallest absolute Gasteiger partial charge is 0.331 e. The number of rotatable bonds is 3. The molecular formula is C26H40N2O4. The summed E-state index contributed by atoms with van der Waals surface area (Å²) in [5.74, 6) is 1.41. The number of ether oxygens (including phenoxy) is 1. The van der Waals surface area contributed by atoms with E-state index in [1.807, 2.05) is 0 Å². The second kappa shape index (κ2) is 7.56. The molecule has 0 saturated heterocycles. The Bertz CT molecular complexity index is 840. The number of amides is 1. The lowest BCUT2D eigenvalue weighted by Crippen LogP contribution is -2.63. The first kappa shape index (κ1) is 22.4. The van der Waals surface area contributed by atoms with Crippen molar-refractivity contribution in [2.45, 2.75) is 96.2 Å². The van der Waals surface area contributed by atoms with Crippen LogP contribution in [-0.2, 0) is 14.3 Å². The van der Waals surface area contributed by atoms with Gasteiger partial charge in [-0.2, -0.15) is 0 Å². The molecule has 178 valence electrons. The van der Waals surface area contributed by atoms with E-state index in [-0.39, 0.29) is 34.7 Å². The van der Waals surface area contributed by atoms with Gasteiger partial charge in [-0.1, -0.05) is 13.8 Å². The minimum atomic E-state index is -0.666. The lowest BCUT2D eigenvalue weighted by Gasteiger charge is -2.64. The summed E-state index contributed by atoms with van der Waals surface area (Å²) in [5, 5.41) is 15.4. The third kappa shape index (κ3) is 3.12. The normalized spacial score (nSPS) is 48.7. The highest BCUT2D eigenvalue weighted by Gasteiger charge is 2.67. The first-order chi connectivity index (χ1) is 15.1. The zero-order chi connectivity index (χ0) is 22.9. The van der Waals surface area contributed by atoms with Gasteiger partial charge in [0.15, 0.2) is 0 Å². The molecule has 6 nitrogen and oxygen atoms in total. The van der Waals surface area contributed by atoms with Crippen LogP contribution >= 0.6 is 0 Å². The van der Waals surface area contributed by atoms with Crippen LogP contribution in [0.3, 0.4) is 0 Å². The molecule has 6 heteroatoms. The lowest BCUT2D eigenvalue weighted by atomic mass is 9.43. The van der Waals surface area contributed by atoms with Crippen molar-refractivity contribution in [2.24, 2.45) is 40.2 Å². The van der Waals surface area contributed by atoms with E-state index in [1.165, 1.54) is 0 Å². The van der Waals surface area contributed by atoms with Crippen LogP contribution in [0.4, 0.5) is 0 Å². The molecule has 4 saturated carbocycles. The van der Waals surface area contributed by atoms with E-state index in [1.54, 1.807) is 13.0 Å². The Morgan fingerprint density at radius 2 is 1.94 bits per heavy atom. The van der Waals surface area contributed by atoms with Crippen molar-refractivity contribution in [3.05, 3.63) is 11.6 Å². The van der Waals surface area contributed by atoms with Gasteiger partial charge in [0.2, 0.25) is 5.91 Å². The maximum Gasteiger partial charge on any atom is 0.331 e. The first-order valence-corrected chi connectivity index (χ1v) is 12.7. The summed E-state index contributed by atoms with van der Waals surface area (Å²) >= 11 is 0. The van der Waals surface area contributed by atoms with Gasteiger partial charge < -0.3 is 20.9 Å². The summed E-state index contributed by atoms with van der Waals surface area (Å²) in [5.41, 5.74) is 6.24. The number of carbonyl (C=O) groups is 2. The molecule has 32 heavy (non-hydrogen) atoms. The molecule has 1 aliphatic heterocycles. The van der Waals surface area contributed by atoms with Gasteiger partial charge >= 0.3 is 5.97 Å². The number of esters is 1. The van der Waals surface area contributed by atoms with Crippen LogP contribution in [0.5, 0.6) is 0 Å². The number of nitrogens with one attached hydrogen (secondary N) is 1. The van der Waals surface area contributed by atoms with Crippen molar-refractivity contribution >= 4 is 11.9 Å². The summed E-state index contributed by atoms with van der Waals surface area (Å²) in [6.07, 6.45) is 10.9. The van der Waals surface area contributed by atoms with Gasteiger partial charge in [0.05, 0.1) is 11.6 Å². The van der Waals surface area contributed by atoms with Gasteiger partial charge in [-0.25, -0.2) is 4.79 Å². The van der Waals surface area contributed by atoms with Crippen LogP contribution in [0.25, 0.3) is 0 Å². The van der Waals surface area contributed by atoms with Crippen molar-refractivity contribution in [1.29, 1.82) is 0 Å². The monoisotopic (exact) mass is 444 g/mol. The quantitative estimate of drug-likeness (QED) is 0.581. The van der Waals surface area contributed by atoms with Gasteiger partial charge in [0, 0.05) is 17.5 Å². The van der Waals surface area contributed by atoms with E-state index in [0.717, 1.165) is 63.4 Å². The molecule has 1 heterocycles. The second-order valence-corrected chi connectivity index (χ2v) is 12.1. The molecule has 0 aromatic heterocycles. The van der Waals surface area contributed by atoms with Crippen molar-refractivity contribution in [3.63, 3.8) is 0 Å². The number of hydrogen-bond acceptors (Lipinski definition) is 5. The molecular weight excluding hydrogens is 404 g/mol. The maximum absolute atomic E-state index is 12.3. The van der Waals surface area contributed by atoms with E-state index in [0.29, 0.717) is 24.4 Å². The molecule has 4 N–H and O–H groups in total. The van der Waals surface area contributed by atoms with Gasteiger partial charge in [0.1, 0.15) is 6.61 Å². The van der Waals surface area contributed by atoms with Crippen LogP contribution in [0.1, 0.15) is 78.6 Å². The highest BCUT2D eigenvalue weighted by molar-refractivity contribution is 5.85. The summed E-state index contributed by atoms with van der Waals surface area (Å²) in [6, 6.07) is -0.238. The summed E-state index contributed by atoms with van der Waals surface area (Å²) in [6.45, 7) is 6.88. The van der Waals surface area contributed by atoms with Crippen molar-refractivity contribution in [2.75, 3.05) is 6.61 Å². The molecule has 0 spiro atoms. The summed E-state index contributed by atoms with van der Waals surface area (Å²) in [4.78, 5) is 23.9. The molecule has 4 aliphatic carbocycles. The largest absolute Gasteiger partial charge is 0.458 e. The molecule has 0 unspecified atom stereocenters. The third-order valence-corrected chi connectivity index (χ3v) is 10.7. The molecule has 5 rings (SSSR count). The van der Waals surface area contributed by atoms with Gasteiger partial charge in [0.25, 0.3) is 0 Å². The Hall–Kier alpha value is -1.40. The second-order valence-electron chi connectivity index (χ2n) is 12.1. The SMILES string of the molecule is C[C@@H](N)C(=O)N[C@@H]1CC[C@]2(C)[C@H](CC[C@@H]3[C@H]2CC[C@]2(C)[C@@H](C4=CC(=O)OC4)CC[C@@]32O)C1. The fraction of sp³-hybridized carbons (Fsp3) is 0.846. The Morgan fingerprint density at radius 1 is 1.16 bits per heavy atom. The average molecular weight is 445 g/mol. The van der Waals surface area contributed by atoms with Gasteiger partial charge in [-0.3, -0.25) is 4.79 Å². The molecule has 5 aliphatic rings. The number of cyclic esters (lactones) is 1. The molecule has 9 atom stereocenters. The van der Waals surface area contributed by atoms with E-state index in [4.69, 9.17) is 10.5 Å². The Morgan fingerprint density at radius 3 is 2.62 bits per heavy atom. The minimum Gasteiger partial charge on any atom is -0.458 e. The Balaban J connectivity index is 1.35. The number of fused-ring (bicyclic) bond motifs is 5. The van der Waals surface area contributed by atoms with E-state index >= 15 is 0 Å².